The quantitative estimate of drug-likeness (QED) is 0.826. The van der Waals surface area contributed by atoms with Gasteiger partial charge in [-0.1, -0.05) is 12.1 Å². The van der Waals surface area contributed by atoms with Crippen LogP contribution in [0.25, 0.3) is 10.9 Å². The first-order valence-corrected chi connectivity index (χ1v) is 6.76. The van der Waals surface area contributed by atoms with E-state index in [0.29, 0.717) is 0 Å². The van der Waals surface area contributed by atoms with E-state index in [1.54, 1.807) is 0 Å². The summed E-state index contributed by atoms with van der Waals surface area (Å²) in [6.45, 7) is 8.32. The van der Waals surface area contributed by atoms with Gasteiger partial charge < -0.3 is 9.88 Å². The summed E-state index contributed by atoms with van der Waals surface area (Å²) in [6.07, 6.45) is 8.23. The Bertz CT molecular complexity index is 594. The highest BCUT2D eigenvalue weighted by molar-refractivity contribution is 5.80. The van der Waals surface area contributed by atoms with E-state index < -0.39 is 0 Å². The molecule has 0 aliphatic rings. The van der Waals surface area contributed by atoms with Crippen LogP contribution < -0.4 is 5.32 Å². The minimum Gasteiger partial charge on any atom is -0.347 e. The lowest BCUT2D eigenvalue weighted by Crippen LogP contribution is -2.35. The van der Waals surface area contributed by atoms with Gasteiger partial charge in [-0.2, -0.15) is 0 Å². The Morgan fingerprint density at radius 3 is 2.74 bits per heavy atom. The highest BCUT2D eigenvalue weighted by atomic mass is 15.0. The number of aromatic nitrogens is 1. The molecule has 1 heterocycles. The zero-order valence-electron chi connectivity index (χ0n) is 12.0. The van der Waals surface area contributed by atoms with E-state index in [2.05, 4.69) is 67.0 Å². The predicted molar refractivity (Wildman–Crippen MR) is 82.0 cm³/mol. The summed E-state index contributed by atoms with van der Waals surface area (Å²) in [4.78, 5) is 0. The van der Waals surface area contributed by atoms with Gasteiger partial charge in [-0.15, -0.1) is 12.3 Å². The molecule has 0 atom stereocenters. The molecule has 1 aromatic carbocycles. The Hall–Kier alpha value is -1.72. The number of rotatable bonds is 4. The van der Waals surface area contributed by atoms with E-state index in [9.17, 15) is 0 Å². The molecule has 0 unspecified atom stereocenters. The molecule has 0 aliphatic carbocycles. The standard InChI is InChI=1S/C17H22N2/c1-5-6-10-19-11-9-15-8-7-14(12-16(15)19)13-18-17(2,3)4/h1,7-9,11-12,18H,6,10,13H2,2-4H3. The maximum absolute atomic E-state index is 5.34. The Morgan fingerprint density at radius 1 is 1.26 bits per heavy atom. The number of terminal acetylenes is 1. The predicted octanol–water partition coefficient (Wildman–Crippen LogP) is 3.55. The number of aryl methyl sites for hydroxylation is 1. The lowest BCUT2D eigenvalue weighted by atomic mass is 10.1. The smallest absolute Gasteiger partial charge is 0.0483 e. The van der Waals surface area contributed by atoms with Gasteiger partial charge in [0.2, 0.25) is 0 Å². The van der Waals surface area contributed by atoms with Gasteiger partial charge in [-0.25, -0.2) is 0 Å². The monoisotopic (exact) mass is 254 g/mol. The fraction of sp³-hybridized carbons (Fsp3) is 0.412. The fourth-order valence-corrected chi connectivity index (χ4v) is 2.09. The van der Waals surface area contributed by atoms with Crippen molar-refractivity contribution in [2.24, 2.45) is 0 Å². The molecule has 1 N–H and O–H groups in total. The van der Waals surface area contributed by atoms with Crippen molar-refractivity contribution in [3.8, 4) is 12.3 Å². The second-order valence-corrected chi connectivity index (χ2v) is 5.96. The van der Waals surface area contributed by atoms with Crippen molar-refractivity contribution < 1.29 is 0 Å². The van der Waals surface area contributed by atoms with Gasteiger partial charge in [0.25, 0.3) is 0 Å². The third kappa shape index (κ3) is 3.62. The summed E-state index contributed by atoms with van der Waals surface area (Å²) < 4.78 is 2.23. The Morgan fingerprint density at radius 2 is 2.05 bits per heavy atom. The van der Waals surface area contributed by atoms with Crippen molar-refractivity contribution in [3.05, 3.63) is 36.0 Å². The third-order valence-corrected chi connectivity index (χ3v) is 3.16. The van der Waals surface area contributed by atoms with E-state index >= 15 is 0 Å². The van der Waals surface area contributed by atoms with Gasteiger partial charge in [-0.05, 0) is 43.9 Å². The highest BCUT2D eigenvalue weighted by Gasteiger charge is 2.09. The maximum atomic E-state index is 5.34. The molecule has 100 valence electrons. The van der Waals surface area contributed by atoms with Crippen LogP contribution in [0.5, 0.6) is 0 Å². The van der Waals surface area contributed by atoms with E-state index in [4.69, 9.17) is 6.42 Å². The molecule has 0 spiro atoms. The molecule has 0 saturated carbocycles. The van der Waals surface area contributed by atoms with E-state index in [0.717, 1.165) is 19.5 Å². The van der Waals surface area contributed by atoms with Gasteiger partial charge in [0.15, 0.2) is 0 Å². The summed E-state index contributed by atoms with van der Waals surface area (Å²) in [5.74, 6) is 2.70. The van der Waals surface area contributed by atoms with Gasteiger partial charge >= 0.3 is 0 Å². The number of hydrogen-bond donors (Lipinski definition) is 1. The molecule has 0 aliphatic heterocycles. The van der Waals surface area contributed by atoms with Crippen LogP contribution in [0, 0.1) is 12.3 Å². The zero-order valence-corrected chi connectivity index (χ0v) is 12.0. The van der Waals surface area contributed by atoms with Crippen LogP contribution in [0.1, 0.15) is 32.8 Å². The molecule has 2 nitrogen and oxygen atoms in total. The minimum absolute atomic E-state index is 0.139. The van der Waals surface area contributed by atoms with E-state index in [1.807, 2.05) is 0 Å². The van der Waals surface area contributed by atoms with Crippen LogP contribution in [0.15, 0.2) is 30.5 Å². The van der Waals surface area contributed by atoms with Crippen molar-refractivity contribution in [2.75, 3.05) is 0 Å². The maximum Gasteiger partial charge on any atom is 0.0483 e. The van der Waals surface area contributed by atoms with Crippen LogP contribution in [-0.4, -0.2) is 10.1 Å². The lowest BCUT2D eigenvalue weighted by Gasteiger charge is -2.20. The largest absolute Gasteiger partial charge is 0.347 e. The number of nitrogens with zero attached hydrogens (tertiary/aromatic N) is 1. The average Bonchev–Trinajstić information content (AvgIpc) is 2.75. The summed E-state index contributed by atoms with van der Waals surface area (Å²) in [5, 5.41) is 4.79. The minimum atomic E-state index is 0.139. The molecule has 0 bridgehead atoms. The molecule has 0 fully saturated rings. The second-order valence-electron chi connectivity index (χ2n) is 5.96. The van der Waals surface area contributed by atoms with Crippen molar-refractivity contribution in [1.29, 1.82) is 0 Å². The molecule has 19 heavy (non-hydrogen) atoms. The number of benzene rings is 1. The Labute approximate surface area is 115 Å². The topological polar surface area (TPSA) is 17.0 Å². The molecule has 2 rings (SSSR count). The molecule has 2 heteroatoms. The normalized spacial score (nSPS) is 11.7. The van der Waals surface area contributed by atoms with Crippen LogP contribution in [0.3, 0.4) is 0 Å². The highest BCUT2D eigenvalue weighted by Crippen LogP contribution is 2.18. The van der Waals surface area contributed by atoms with Gasteiger partial charge in [0, 0.05) is 36.8 Å². The second kappa shape index (κ2) is 5.50. The van der Waals surface area contributed by atoms with Crippen molar-refractivity contribution in [3.63, 3.8) is 0 Å². The third-order valence-electron chi connectivity index (χ3n) is 3.16. The van der Waals surface area contributed by atoms with Gasteiger partial charge in [0.05, 0.1) is 0 Å². The molecule has 2 aromatic rings. The zero-order chi connectivity index (χ0) is 13.9. The summed E-state index contributed by atoms with van der Waals surface area (Å²) in [6, 6.07) is 8.77. The lowest BCUT2D eigenvalue weighted by molar-refractivity contribution is 0.424. The van der Waals surface area contributed by atoms with Crippen molar-refractivity contribution in [2.45, 2.75) is 45.8 Å². The Kier molecular flexibility index (Phi) is 3.97. The first-order chi connectivity index (χ1) is 8.99. The molecule has 1 aromatic heterocycles. The molecule has 0 amide bonds. The molecule has 0 radical (unpaired) electrons. The van der Waals surface area contributed by atoms with Gasteiger partial charge in [0.1, 0.15) is 0 Å². The number of fused-ring (bicyclic) bond motifs is 1. The first-order valence-electron chi connectivity index (χ1n) is 6.76. The molecular formula is C17H22N2. The first kappa shape index (κ1) is 13.7. The SMILES string of the molecule is C#CCCn1ccc2ccc(CNC(C)(C)C)cc21. The van der Waals surface area contributed by atoms with Crippen molar-refractivity contribution >= 4 is 10.9 Å². The van der Waals surface area contributed by atoms with Gasteiger partial charge in [-0.3, -0.25) is 0 Å². The number of hydrogen-bond acceptors (Lipinski definition) is 1. The molecule has 0 saturated heterocycles. The van der Waals surface area contributed by atoms with Crippen LogP contribution >= 0.6 is 0 Å². The summed E-state index contributed by atoms with van der Waals surface area (Å²) in [5.41, 5.74) is 2.71. The van der Waals surface area contributed by atoms with E-state index in [-0.39, 0.29) is 5.54 Å². The Balaban J connectivity index is 2.21. The summed E-state index contributed by atoms with van der Waals surface area (Å²) in [7, 11) is 0. The van der Waals surface area contributed by atoms with Crippen molar-refractivity contribution in [1.82, 2.24) is 9.88 Å². The molecular weight excluding hydrogens is 232 g/mol. The van der Waals surface area contributed by atoms with Crippen LogP contribution in [0.4, 0.5) is 0 Å². The summed E-state index contributed by atoms with van der Waals surface area (Å²) >= 11 is 0. The number of nitrogens with one attached hydrogen (secondary N) is 1. The fourth-order valence-electron chi connectivity index (χ4n) is 2.09. The van der Waals surface area contributed by atoms with E-state index in [1.165, 1.54) is 16.5 Å². The average molecular weight is 254 g/mol. The van der Waals surface area contributed by atoms with Crippen LogP contribution in [0.2, 0.25) is 0 Å². The van der Waals surface area contributed by atoms with Crippen LogP contribution in [-0.2, 0) is 13.1 Å².